The lowest BCUT2D eigenvalue weighted by molar-refractivity contribution is 0.486. The van der Waals surface area contributed by atoms with E-state index in [9.17, 15) is 4.79 Å². The standard InChI is InChI=1S/C14H23NO.2C13H23N.2C12H22N2.2C11H21N3/c1-13(2,3)10-8-11(14(4,5)6)12(16)15(7)9-10;1-12(2,3)10-8-11(13(4,5)6)14(7)9-10;1-12(2,3)10-8-9-11(14(10)7)13(4,5)6;1-11(2,3)9-8-13-10(14(9)7)12(4,5)6;1-11(2,3)9-8-10(12(4,5)6)14(7)13-9;1-10(2,3)8-12-13-9(14(8)7)11(4,5)6;1-10(2,3)8-12-9(11(4,5)6)14(7)13-8/h8-9H,1-7H3;2*8-9H,1-7H3;2*8H,1-7H3;2*1-7H3. The van der Waals surface area contributed by atoms with Crippen molar-refractivity contribution in [1.82, 2.24) is 62.6 Å². The average Bonchev–Trinajstić information content (AvgIpc) is 1.28. The number of aromatic nitrogens is 13. The average molecular weight is 1390 g/mol. The summed E-state index contributed by atoms with van der Waals surface area (Å²) >= 11 is 0. The molecular formula is C86H155N13O. The van der Waals surface area contributed by atoms with Crippen LogP contribution in [-0.4, -0.2) is 62.6 Å². The summed E-state index contributed by atoms with van der Waals surface area (Å²) in [6.07, 6.45) is 6.19. The lowest BCUT2D eigenvalue weighted by Crippen LogP contribution is -2.30. The molecule has 0 aliphatic rings. The van der Waals surface area contributed by atoms with Crippen LogP contribution < -0.4 is 5.56 Å². The molecule has 7 rings (SSSR count). The van der Waals surface area contributed by atoms with E-state index in [1.54, 1.807) is 4.57 Å². The fraction of sp³-hybridized carbons (Fsp3) is 0.733. The summed E-state index contributed by atoms with van der Waals surface area (Å²) in [5.74, 6) is 5.21. The highest BCUT2D eigenvalue weighted by Crippen LogP contribution is 2.34. The van der Waals surface area contributed by atoms with Gasteiger partial charge in [0.15, 0.2) is 5.82 Å². The zero-order chi connectivity index (χ0) is 79.6. The van der Waals surface area contributed by atoms with Crippen molar-refractivity contribution in [2.24, 2.45) is 49.3 Å². The minimum absolute atomic E-state index is 0.0290. The van der Waals surface area contributed by atoms with Gasteiger partial charge in [-0.2, -0.15) is 10.2 Å². The van der Waals surface area contributed by atoms with Gasteiger partial charge in [0, 0.05) is 162 Å². The highest BCUT2D eigenvalue weighted by Gasteiger charge is 2.32. The van der Waals surface area contributed by atoms with Crippen molar-refractivity contribution in [1.29, 1.82) is 0 Å². The van der Waals surface area contributed by atoms with Gasteiger partial charge in [-0.3, -0.25) is 14.2 Å². The normalized spacial score (nSPS) is 13.3. The first-order valence-corrected chi connectivity index (χ1v) is 36.8. The molecule has 7 heterocycles. The summed E-state index contributed by atoms with van der Waals surface area (Å²) in [5, 5.41) is 17.6. The number of aryl methyl sites for hydroxylation is 4. The maximum absolute atomic E-state index is 12.1. The molecule has 570 valence electrons. The van der Waals surface area contributed by atoms with Gasteiger partial charge in [-0.25, -0.2) is 9.97 Å². The molecule has 0 aromatic carbocycles. The number of pyridine rings is 1. The summed E-state index contributed by atoms with van der Waals surface area (Å²) in [7, 11) is 14.3. The smallest absolute Gasteiger partial charge is 0.254 e. The summed E-state index contributed by atoms with van der Waals surface area (Å²) in [6.45, 7) is 92.1. The molecule has 0 spiro atoms. The Morgan fingerprint density at radius 3 is 0.870 bits per heavy atom. The Kier molecular flexibility index (Phi) is 29.2. The van der Waals surface area contributed by atoms with Crippen molar-refractivity contribution in [3.05, 3.63) is 139 Å². The van der Waals surface area contributed by atoms with Crippen molar-refractivity contribution in [3.8, 4) is 0 Å². The van der Waals surface area contributed by atoms with Gasteiger partial charge >= 0.3 is 0 Å². The van der Waals surface area contributed by atoms with Crippen molar-refractivity contribution in [3.63, 3.8) is 0 Å². The van der Waals surface area contributed by atoms with Crippen LogP contribution >= 0.6 is 0 Å². The Morgan fingerprint density at radius 2 is 0.650 bits per heavy atom. The molecule has 7 aromatic heterocycles. The van der Waals surface area contributed by atoms with E-state index in [2.05, 4.69) is 397 Å². The van der Waals surface area contributed by atoms with E-state index in [0.29, 0.717) is 0 Å². The zero-order valence-corrected chi connectivity index (χ0v) is 74.3. The number of rotatable bonds is 0. The Balaban J connectivity index is 0.000000584. The predicted octanol–water partition coefficient (Wildman–Crippen LogP) is 21.1. The molecule has 0 bridgehead atoms. The highest BCUT2D eigenvalue weighted by molar-refractivity contribution is 5.31. The summed E-state index contributed by atoms with van der Waals surface area (Å²) in [4.78, 5) is 21.2. The second-order valence-corrected chi connectivity index (χ2v) is 42.8. The largest absolute Gasteiger partial charge is 0.354 e. The molecule has 0 radical (unpaired) electrons. The van der Waals surface area contributed by atoms with Crippen LogP contribution in [0, 0.1) is 0 Å². The Morgan fingerprint density at radius 1 is 0.290 bits per heavy atom. The number of hydrogen-bond donors (Lipinski definition) is 0. The van der Waals surface area contributed by atoms with E-state index in [0.717, 1.165) is 34.7 Å². The van der Waals surface area contributed by atoms with Crippen LogP contribution in [0.15, 0.2) is 53.7 Å². The molecule has 14 nitrogen and oxygen atoms in total. The summed E-state index contributed by atoms with van der Waals surface area (Å²) in [6, 6.07) is 11.1. The molecule has 0 saturated carbocycles. The first-order valence-electron chi connectivity index (χ1n) is 36.8. The third kappa shape index (κ3) is 26.8. The topological polar surface area (TPSA) is 129 Å². The monoisotopic (exact) mass is 1390 g/mol. The van der Waals surface area contributed by atoms with Crippen LogP contribution in [0.25, 0.3) is 0 Å². The van der Waals surface area contributed by atoms with Gasteiger partial charge in [0.1, 0.15) is 23.3 Å². The fourth-order valence-corrected chi connectivity index (χ4v) is 11.7. The molecular weight excluding hydrogens is 1230 g/mol. The van der Waals surface area contributed by atoms with Crippen LogP contribution in [-0.2, 0) is 125 Å². The van der Waals surface area contributed by atoms with Gasteiger partial charge in [0.2, 0.25) is 0 Å². The van der Waals surface area contributed by atoms with Gasteiger partial charge in [-0.1, -0.05) is 291 Å². The first kappa shape index (κ1) is 92.2. The maximum Gasteiger partial charge on any atom is 0.254 e. The quantitative estimate of drug-likeness (QED) is 0.148. The van der Waals surface area contributed by atoms with E-state index in [-0.39, 0.29) is 81.4 Å². The Bertz CT molecular complexity index is 3290. The second-order valence-electron chi connectivity index (χ2n) is 42.8. The molecule has 0 unspecified atom stereocenters. The van der Waals surface area contributed by atoms with Crippen molar-refractivity contribution in [2.75, 3.05) is 0 Å². The summed E-state index contributed by atoms with van der Waals surface area (Å²) < 4.78 is 14.5. The highest BCUT2D eigenvalue weighted by atomic mass is 16.1. The molecule has 14 heteroatoms. The lowest BCUT2D eigenvalue weighted by Gasteiger charge is -2.25. The third-order valence-corrected chi connectivity index (χ3v) is 17.3. The van der Waals surface area contributed by atoms with E-state index in [1.807, 2.05) is 49.9 Å². The predicted molar refractivity (Wildman–Crippen MR) is 433 cm³/mol. The molecule has 0 N–H and O–H groups in total. The van der Waals surface area contributed by atoms with Crippen LogP contribution in [0.1, 0.15) is 371 Å². The van der Waals surface area contributed by atoms with E-state index >= 15 is 0 Å². The molecule has 0 aliphatic heterocycles. The fourth-order valence-electron chi connectivity index (χ4n) is 11.7. The molecule has 0 saturated heterocycles. The molecule has 7 aromatic rings. The van der Waals surface area contributed by atoms with Crippen molar-refractivity contribution >= 4 is 0 Å². The van der Waals surface area contributed by atoms with Crippen LogP contribution in [0.5, 0.6) is 0 Å². The Labute approximate surface area is 614 Å². The number of nitrogens with zero attached hydrogens (tertiary/aromatic N) is 13. The molecule has 0 fully saturated rings. The van der Waals surface area contributed by atoms with Crippen LogP contribution in [0.3, 0.4) is 0 Å². The van der Waals surface area contributed by atoms with E-state index in [1.165, 1.54) is 45.3 Å². The number of hydrogen-bond acceptors (Lipinski definition) is 7. The van der Waals surface area contributed by atoms with Gasteiger partial charge < -0.3 is 22.8 Å². The van der Waals surface area contributed by atoms with Gasteiger partial charge in [-0.15, -0.1) is 10.2 Å². The van der Waals surface area contributed by atoms with Gasteiger partial charge in [0.25, 0.3) is 5.56 Å². The van der Waals surface area contributed by atoms with Crippen molar-refractivity contribution in [2.45, 2.75) is 367 Å². The van der Waals surface area contributed by atoms with Gasteiger partial charge in [0.05, 0.1) is 5.69 Å². The second kappa shape index (κ2) is 31.7. The molecule has 0 atom stereocenters. The van der Waals surface area contributed by atoms with Gasteiger partial charge in [-0.05, 0) is 57.7 Å². The zero-order valence-electron chi connectivity index (χ0n) is 74.3. The maximum atomic E-state index is 12.1. The number of imidazole rings is 1. The minimum Gasteiger partial charge on any atom is -0.354 e. The third-order valence-electron chi connectivity index (χ3n) is 17.3. The Hall–Kier alpha value is -5.79. The molecule has 0 amide bonds. The summed E-state index contributed by atoms with van der Waals surface area (Å²) in [5.41, 5.74) is 13.4. The minimum atomic E-state index is -0.101. The molecule has 100 heavy (non-hydrogen) atoms. The molecule has 0 aliphatic carbocycles. The van der Waals surface area contributed by atoms with E-state index < -0.39 is 0 Å². The SMILES string of the molecule is Cn1c(C(C)(C)C)ccc1C(C)(C)C.Cn1c(C(C)(C)C)cnc1C(C)(C)C.Cn1c(C(C)(C)C)nnc1C(C)(C)C.Cn1cc(C(C)(C)C)cc(C(C)(C)C)c1=O.Cn1cc(C(C)(C)C)cc1C(C)(C)C.Cn1nc(C(C)(C)C)cc1C(C)(C)C.Cn1nc(C(C)(C)C)nc1C(C)(C)C. The first-order chi connectivity index (χ1) is 43.8. The van der Waals surface area contributed by atoms with Crippen LogP contribution in [0.2, 0.25) is 0 Å². The van der Waals surface area contributed by atoms with E-state index in [4.69, 9.17) is 0 Å². The van der Waals surface area contributed by atoms with Crippen LogP contribution in [0.4, 0.5) is 0 Å². The lowest BCUT2D eigenvalue weighted by atomic mass is 9.82. The van der Waals surface area contributed by atoms with Crippen molar-refractivity contribution < 1.29 is 0 Å².